The van der Waals surface area contributed by atoms with Crippen LogP contribution in [0.5, 0.6) is 0 Å². The summed E-state index contributed by atoms with van der Waals surface area (Å²) < 4.78 is 5.87. The topological polar surface area (TPSA) is 114 Å². The Morgan fingerprint density at radius 1 is 0.943 bits per heavy atom. The Hall–Kier alpha value is -2.90. The predicted molar refractivity (Wildman–Crippen MR) is 134 cm³/mol. The first kappa shape index (κ1) is 28.3. The predicted octanol–water partition coefficient (Wildman–Crippen LogP) is 2.89. The molecule has 1 aromatic carbocycles. The quantitative estimate of drug-likeness (QED) is 0.488. The number of carbonyl (C=O) groups is 4. The molecule has 1 heterocycles. The molecule has 35 heavy (non-hydrogen) atoms. The van der Waals surface area contributed by atoms with Gasteiger partial charge in [0.15, 0.2) is 0 Å². The molecule has 2 rings (SSSR count). The van der Waals surface area contributed by atoms with Gasteiger partial charge in [0.2, 0.25) is 17.7 Å². The zero-order valence-electron chi connectivity index (χ0n) is 21.6. The average Bonchev–Trinajstić information content (AvgIpc) is 2.84. The van der Waals surface area contributed by atoms with Crippen molar-refractivity contribution in [2.75, 3.05) is 0 Å². The average molecular weight is 488 g/mol. The van der Waals surface area contributed by atoms with Gasteiger partial charge >= 0.3 is 5.97 Å². The first-order valence-electron chi connectivity index (χ1n) is 12.8. The van der Waals surface area contributed by atoms with Gasteiger partial charge in [0, 0.05) is 6.42 Å². The van der Waals surface area contributed by atoms with Crippen molar-refractivity contribution in [1.82, 2.24) is 16.0 Å². The summed E-state index contributed by atoms with van der Waals surface area (Å²) in [5, 5.41) is 8.28. The minimum Gasteiger partial charge on any atom is -0.460 e. The molecular weight excluding hydrogens is 446 g/mol. The monoisotopic (exact) mass is 487 g/mol. The molecule has 1 saturated heterocycles. The number of rotatable bonds is 8. The molecule has 194 valence electrons. The molecule has 0 unspecified atom stereocenters. The maximum absolute atomic E-state index is 13.2. The second-order valence-electron chi connectivity index (χ2n) is 9.71. The molecule has 0 bridgehead atoms. The van der Waals surface area contributed by atoms with Crippen LogP contribution in [0.25, 0.3) is 0 Å². The third kappa shape index (κ3) is 8.67. The van der Waals surface area contributed by atoms with Crippen LogP contribution >= 0.6 is 0 Å². The third-order valence-corrected chi connectivity index (χ3v) is 6.75. The molecule has 0 saturated carbocycles. The lowest BCUT2D eigenvalue weighted by atomic mass is 9.94. The summed E-state index contributed by atoms with van der Waals surface area (Å²) >= 11 is 0. The second-order valence-corrected chi connectivity index (χ2v) is 9.71. The molecule has 6 atom stereocenters. The van der Waals surface area contributed by atoms with Crippen molar-refractivity contribution in [3.63, 3.8) is 0 Å². The number of nitrogens with one attached hydrogen (secondary N) is 3. The minimum atomic E-state index is -0.892. The van der Waals surface area contributed by atoms with Crippen LogP contribution < -0.4 is 16.0 Å². The van der Waals surface area contributed by atoms with E-state index in [0.29, 0.717) is 6.42 Å². The van der Waals surface area contributed by atoms with Gasteiger partial charge in [0.1, 0.15) is 24.2 Å². The van der Waals surface area contributed by atoms with E-state index in [2.05, 4.69) is 22.9 Å². The van der Waals surface area contributed by atoms with Crippen LogP contribution in [-0.4, -0.2) is 47.9 Å². The summed E-state index contributed by atoms with van der Waals surface area (Å²) in [5.41, 5.74) is 0.880. The highest BCUT2D eigenvalue weighted by Gasteiger charge is 2.35. The third-order valence-electron chi connectivity index (χ3n) is 6.75. The Morgan fingerprint density at radius 2 is 1.63 bits per heavy atom. The number of carbonyl (C=O) groups excluding carboxylic acids is 4. The molecule has 0 spiro atoms. The van der Waals surface area contributed by atoms with Crippen molar-refractivity contribution >= 4 is 23.7 Å². The number of esters is 1. The van der Waals surface area contributed by atoms with E-state index in [1.807, 2.05) is 51.1 Å². The summed E-state index contributed by atoms with van der Waals surface area (Å²) in [4.78, 5) is 52.3. The fourth-order valence-corrected chi connectivity index (χ4v) is 4.12. The van der Waals surface area contributed by atoms with E-state index in [1.165, 1.54) is 0 Å². The Balaban J connectivity index is 2.37. The van der Waals surface area contributed by atoms with E-state index < -0.39 is 42.0 Å². The molecule has 1 aliphatic heterocycles. The summed E-state index contributed by atoms with van der Waals surface area (Å²) in [6, 6.07) is 6.75. The van der Waals surface area contributed by atoms with Gasteiger partial charge in [0.05, 0.1) is 6.42 Å². The van der Waals surface area contributed by atoms with Crippen molar-refractivity contribution in [2.45, 2.75) is 97.4 Å². The number of hydrogen-bond acceptors (Lipinski definition) is 5. The summed E-state index contributed by atoms with van der Waals surface area (Å²) in [7, 11) is 0. The van der Waals surface area contributed by atoms with E-state index in [0.717, 1.165) is 24.8 Å². The number of amides is 3. The molecular formula is C27H41N3O5. The smallest absolute Gasteiger partial charge is 0.329 e. The molecule has 0 radical (unpaired) electrons. The lowest BCUT2D eigenvalue weighted by Gasteiger charge is -2.29. The first-order chi connectivity index (χ1) is 16.7. The summed E-state index contributed by atoms with van der Waals surface area (Å²) in [6.07, 6.45) is 2.95. The Labute approximate surface area is 208 Å². The van der Waals surface area contributed by atoms with E-state index in [4.69, 9.17) is 4.74 Å². The van der Waals surface area contributed by atoms with Gasteiger partial charge in [-0.05, 0) is 30.7 Å². The molecule has 8 nitrogen and oxygen atoms in total. The lowest BCUT2D eigenvalue weighted by molar-refractivity contribution is -0.158. The molecule has 1 aliphatic rings. The minimum absolute atomic E-state index is 0.0497. The standard InChI is InChI=1S/C27H41N3O5/c1-6-8-12-18(4)22-16-23(31)29-21(15-20-13-10-9-11-14-20)26(33)28-19(5)25(32)30-24(17(3)7-2)27(34)35-22/h9-11,13-14,17-19,21-22,24H,6-8,12,15-16H2,1-5H3,(H,28,33)(H,29,31)(H,30,32)/t17-,18-,19-,21+,22-,24+/m0/s1. The largest absolute Gasteiger partial charge is 0.460 e. The van der Waals surface area contributed by atoms with Crippen LogP contribution in [-0.2, 0) is 30.3 Å². The second kappa shape index (κ2) is 13.9. The van der Waals surface area contributed by atoms with Crippen LogP contribution in [0.2, 0.25) is 0 Å². The molecule has 8 heteroatoms. The van der Waals surface area contributed by atoms with E-state index >= 15 is 0 Å². The van der Waals surface area contributed by atoms with Crippen LogP contribution in [0.4, 0.5) is 0 Å². The van der Waals surface area contributed by atoms with Gasteiger partial charge < -0.3 is 20.7 Å². The normalized spacial score (nSPS) is 26.1. The van der Waals surface area contributed by atoms with Crippen molar-refractivity contribution in [1.29, 1.82) is 0 Å². The van der Waals surface area contributed by atoms with Gasteiger partial charge in [-0.1, -0.05) is 77.3 Å². The van der Waals surface area contributed by atoms with Crippen molar-refractivity contribution in [3.05, 3.63) is 35.9 Å². The molecule has 3 N–H and O–H groups in total. The zero-order valence-corrected chi connectivity index (χ0v) is 21.6. The zero-order chi connectivity index (χ0) is 26.0. The SMILES string of the molecule is CCCC[C@H](C)[C@@H]1CC(=O)N[C@H](Cc2ccccc2)C(=O)N[C@@H](C)C(=O)N[C@H]([C@@H](C)CC)C(=O)O1. The van der Waals surface area contributed by atoms with Gasteiger partial charge in [-0.3, -0.25) is 14.4 Å². The highest BCUT2D eigenvalue weighted by Crippen LogP contribution is 2.21. The van der Waals surface area contributed by atoms with Crippen molar-refractivity contribution < 1.29 is 23.9 Å². The van der Waals surface area contributed by atoms with Gasteiger partial charge in [-0.15, -0.1) is 0 Å². The molecule has 1 aromatic rings. The maximum Gasteiger partial charge on any atom is 0.329 e. The number of cyclic esters (lactones) is 1. The molecule has 0 aliphatic carbocycles. The first-order valence-corrected chi connectivity index (χ1v) is 12.8. The highest BCUT2D eigenvalue weighted by atomic mass is 16.5. The fourth-order valence-electron chi connectivity index (χ4n) is 4.12. The Bertz CT molecular complexity index is 860. The van der Waals surface area contributed by atoms with Gasteiger partial charge in [-0.25, -0.2) is 4.79 Å². The number of hydrogen-bond donors (Lipinski definition) is 3. The van der Waals surface area contributed by atoms with Crippen LogP contribution in [0.3, 0.4) is 0 Å². The fraction of sp³-hybridized carbons (Fsp3) is 0.630. The van der Waals surface area contributed by atoms with Crippen LogP contribution in [0.15, 0.2) is 30.3 Å². The van der Waals surface area contributed by atoms with Gasteiger partial charge in [0.25, 0.3) is 0 Å². The van der Waals surface area contributed by atoms with E-state index in [9.17, 15) is 19.2 Å². The summed E-state index contributed by atoms with van der Waals surface area (Å²) in [6.45, 7) is 9.40. The number of unbranched alkanes of at least 4 members (excludes halogenated alkanes) is 1. The van der Waals surface area contributed by atoms with Crippen LogP contribution in [0.1, 0.15) is 72.3 Å². The number of benzene rings is 1. The van der Waals surface area contributed by atoms with E-state index in [1.54, 1.807) is 6.92 Å². The highest BCUT2D eigenvalue weighted by molar-refractivity contribution is 5.94. The summed E-state index contributed by atoms with van der Waals surface area (Å²) in [5.74, 6) is -2.07. The Kier molecular flexibility index (Phi) is 11.2. The maximum atomic E-state index is 13.2. The number of ether oxygens (including phenoxy) is 1. The molecule has 3 amide bonds. The molecule has 0 aromatic heterocycles. The van der Waals surface area contributed by atoms with Crippen molar-refractivity contribution in [2.24, 2.45) is 11.8 Å². The van der Waals surface area contributed by atoms with E-state index in [-0.39, 0.29) is 30.6 Å². The Morgan fingerprint density at radius 3 is 2.26 bits per heavy atom. The lowest BCUT2D eigenvalue weighted by Crippen LogP contribution is -2.55. The van der Waals surface area contributed by atoms with Crippen LogP contribution in [0, 0.1) is 11.8 Å². The van der Waals surface area contributed by atoms with Gasteiger partial charge in [-0.2, -0.15) is 0 Å². The molecule has 1 fully saturated rings. The van der Waals surface area contributed by atoms with Crippen molar-refractivity contribution in [3.8, 4) is 0 Å².